The fraction of sp³-hybridized carbons (Fsp3) is 0.143. The molecule has 0 amide bonds. The van der Waals surface area contributed by atoms with Crippen LogP contribution in [0, 0.1) is 11.3 Å². The fourth-order valence-electron chi connectivity index (χ4n) is 2.08. The Labute approximate surface area is 114 Å². The second kappa shape index (κ2) is 4.75. The van der Waals surface area contributed by atoms with E-state index in [0.717, 1.165) is 17.2 Å². The quantitative estimate of drug-likeness (QED) is 0.794. The predicted molar refractivity (Wildman–Crippen MR) is 77.2 cm³/mol. The molecule has 0 bridgehead atoms. The van der Waals surface area contributed by atoms with E-state index in [1.165, 1.54) is 22.3 Å². The van der Waals surface area contributed by atoms with Gasteiger partial charge in [0.15, 0.2) is 5.13 Å². The normalized spacial score (nSPS) is 10.5. The molecule has 0 saturated heterocycles. The number of anilines is 1. The number of nitriles is 1. The topological polar surface area (TPSA) is 55.7 Å². The van der Waals surface area contributed by atoms with Gasteiger partial charge in [0.05, 0.1) is 6.20 Å². The molecule has 1 N–H and O–H groups in total. The van der Waals surface area contributed by atoms with E-state index in [1.54, 1.807) is 6.20 Å². The van der Waals surface area contributed by atoms with Crippen LogP contribution in [0.3, 0.4) is 0 Å². The molecule has 94 valence electrons. The molecule has 2 aromatic heterocycles. The summed E-state index contributed by atoms with van der Waals surface area (Å²) >= 11 is 1.41. The number of nitrogens with zero attached hydrogens (tertiary/aromatic N) is 3. The van der Waals surface area contributed by atoms with Crippen molar-refractivity contribution in [3.8, 4) is 6.07 Å². The Morgan fingerprint density at radius 2 is 2.26 bits per heavy atom. The predicted octanol–water partition coefficient (Wildman–Crippen LogP) is 3.13. The standard InChI is InChI=1S/C14H12N4S/c1-18(14-17-8-11(6-15)19-14)9-10-7-16-13-5-3-2-4-12(10)13/h2-5,7-8,16H,9H2,1H3. The molecule has 3 aromatic rings. The summed E-state index contributed by atoms with van der Waals surface area (Å²) in [6.45, 7) is 0.766. The molecular weight excluding hydrogens is 256 g/mol. The largest absolute Gasteiger partial charge is 0.361 e. The van der Waals surface area contributed by atoms with Crippen molar-refractivity contribution in [2.45, 2.75) is 6.54 Å². The zero-order valence-corrected chi connectivity index (χ0v) is 11.2. The summed E-state index contributed by atoms with van der Waals surface area (Å²) in [5.41, 5.74) is 2.37. The average molecular weight is 268 g/mol. The Hall–Kier alpha value is -2.32. The van der Waals surface area contributed by atoms with E-state index < -0.39 is 0 Å². The Bertz CT molecular complexity index is 750. The number of para-hydroxylation sites is 1. The third kappa shape index (κ3) is 2.18. The first-order valence-corrected chi connectivity index (χ1v) is 6.71. The number of aromatic nitrogens is 2. The van der Waals surface area contributed by atoms with Crippen LogP contribution in [-0.4, -0.2) is 17.0 Å². The summed E-state index contributed by atoms with van der Waals surface area (Å²) in [6, 6.07) is 10.3. The number of H-pyrrole nitrogens is 1. The van der Waals surface area contributed by atoms with Crippen molar-refractivity contribution in [2.24, 2.45) is 0 Å². The van der Waals surface area contributed by atoms with E-state index in [2.05, 4.69) is 33.1 Å². The van der Waals surface area contributed by atoms with Crippen molar-refractivity contribution in [1.82, 2.24) is 9.97 Å². The lowest BCUT2D eigenvalue weighted by molar-refractivity contribution is 0.921. The number of aromatic amines is 1. The molecule has 2 heterocycles. The maximum absolute atomic E-state index is 8.83. The van der Waals surface area contributed by atoms with Crippen molar-refractivity contribution in [3.63, 3.8) is 0 Å². The van der Waals surface area contributed by atoms with Crippen LogP contribution in [0.5, 0.6) is 0 Å². The van der Waals surface area contributed by atoms with Crippen LogP contribution in [0.15, 0.2) is 36.7 Å². The first-order valence-electron chi connectivity index (χ1n) is 5.90. The van der Waals surface area contributed by atoms with Crippen molar-refractivity contribution in [2.75, 3.05) is 11.9 Å². The zero-order chi connectivity index (χ0) is 13.2. The number of hydrogen-bond acceptors (Lipinski definition) is 4. The van der Waals surface area contributed by atoms with Gasteiger partial charge >= 0.3 is 0 Å². The number of nitrogens with one attached hydrogen (secondary N) is 1. The Balaban J connectivity index is 1.86. The number of hydrogen-bond donors (Lipinski definition) is 1. The van der Waals surface area contributed by atoms with Crippen LogP contribution in [0.2, 0.25) is 0 Å². The molecular formula is C14H12N4S. The summed E-state index contributed by atoms with van der Waals surface area (Å²) in [4.78, 5) is 10.2. The van der Waals surface area contributed by atoms with Gasteiger partial charge in [-0.25, -0.2) is 4.98 Å². The molecule has 3 rings (SSSR count). The maximum Gasteiger partial charge on any atom is 0.186 e. The lowest BCUT2D eigenvalue weighted by atomic mass is 10.2. The van der Waals surface area contributed by atoms with Gasteiger partial charge in [-0.2, -0.15) is 5.26 Å². The smallest absolute Gasteiger partial charge is 0.186 e. The molecule has 0 aliphatic rings. The van der Waals surface area contributed by atoms with Crippen LogP contribution < -0.4 is 4.90 Å². The molecule has 0 aliphatic carbocycles. The minimum Gasteiger partial charge on any atom is -0.361 e. The van der Waals surface area contributed by atoms with Crippen LogP contribution in [0.1, 0.15) is 10.4 Å². The first-order chi connectivity index (χ1) is 9.28. The molecule has 0 fully saturated rings. The van der Waals surface area contributed by atoms with Gasteiger partial charge in [0, 0.05) is 30.7 Å². The van der Waals surface area contributed by atoms with Crippen molar-refractivity contribution < 1.29 is 0 Å². The second-order valence-corrected chi connectivity index (χ2v) is 5.34. The average Bonchev–Trinajstić information content (AvgIpc) is 3.06. The van der Waals surface area contributed by atoms with Gasteiger partial charge in [-0.3, -0.25) is 0 Å². The summed E-state index contributed by atoms with van der Waals surface area (Å²) in [6.07, 6.45) is 3.64. The number of fused-ring (bicyclic) bond motifs is 1. The van der Waals surface area contributed by atoms with E-state index in [-0.39, 0.29) is 0 Å². The van der Waals surface area contributed by atoms with E-state index >= 15 is 0 Å². The second-order valence-electron chi connectivity index (χ2n) is 4.33. The number of thiazole rings is 1. The van der Waals surface area contributed by atoms with E-state index in [4.69, 9.17) is 5.26 Å². The van der Waals surface area contributed by atoms with Gasteiger partial charge in [0.2, 0.25) is 0 Å². The van der Waals surface area contributed by atoms with Crippen molar-refractivity contribution >= 4 is 27.4 Å². The van der Waals surface area contributed by atoms with Gasteiger partial charge in [-0.15, -0.1) is 0 Å². The summed E-state index contributed by atoms with van der Waals surface area (Å²) < 4.78 is 0. The highest BCUT2D eigenvalue weighted by molar-refractivity contribution is 7.16. The molecule has 0 radical (unpaired) electrons. The van der Waals surface area contributed by atoms with Crippen molar-refractivity contribution in [1.29, 1.82) is 5.26 Å². The number of benzene rings is 1. The van der Waals surface area contributed by atoms with Crippen LogP contribution >= 0.6 is 11.3 Å². The highest BCUT2D eigenvalue weighted by Gasteiger charge is 2.10. The molecule has 5 heteroatoms. The lowest BCUT2D eigenvalue weighted by Crippen LogP contribution is -2.15. The van der Waals surface area contributed by atoms with Crippen LogP contribution in [0.25, 0.3) is 10.9 Å². The lowest BCUT2D eigenvalue weighted by Gasteiger charge is -2.14. The minimum absolute atomic E-state index is 0.640. The molecule has 0 saturated carbocycles. The molecule has 0 aliphatic heterocycles. The number of rotatable bonds is 3. The molecule has 0 spiro atoms. The Kier molecular flexibility index (Phi) is 2.94. The van der Waals surface area contributed by atoms with Gasteiger partial charge in [-0.1, -0.05) is 29.5 Å². The highest BCUT2D eigenvalue weighted by atomic mass is 32.1. The van der Waals surface area contributed by atoms with Crippen LogP contribution in [-0.2, 0) is 6.54 Å². The summed E-state index contributed by atoms with van der Waals surface area (Å²) in [5.74, 6) is 0. The van der Waals surface area contributed by atoms with E-state index in [9.17, 15) is 0 Å². The van der Waals surface area contributed by atoms with Crippen LogP contribution in [0.4, 0.5) is 5.13 Å². The zero-order valence-electron chi connectivity index (χ0n) is 10.4. The summed E-state index contributed by atoms with van der Waals surface area (Å²) in [5, 5.41) is 10.9. The Morgan fingerprint density at radius 3 is 3.05 bits per heavy atom. The van der Waals surface area contributed by atoms with Crippen molar-refractivity contribution in [3.05, 3.63) is 47.1 Å². The molecule has 4 nitrogen and oxygen atoms in total. The van der Waals surface area contributed by atoms with Gasteiger partial charge in [0.1, 0.15) is 10.9 Å². The SMILES string of the molecule is CN(Cc1c[nH]c2ccccc12)c1ncc(C#N)s1. The minimum atomic E-state index is 0.640. The molecule has 0 unspecified atom stereocenters. The van der Waals surface area contributed by atoms with E-state index in [1.807, 2.05) is 25.4 Å². The molecule has 0 atom stereocenters. The highest BCUT2D eigenvalue weighted by Crippen LogP contribution is 2.24. The first kappa shape index (κ1) is 11.8. The van der Waals surface area contributed by atoms with Gasteiger partial charge < -0.3 is 9.88 Å². The third-order valence-electron chi connectivity index (χ3n) is 3.01. The monoisotopic (exact) mass is 268 g/mol. The molecule has 19 heavy (non-hydrogen) atoms. The fourth-order valence-corrected chi connectivity index (χ4v) is 2.75. The Morgan fingerprint density at radius 1 is 1.42 bits per heavy atom. The van der Waals surface area contributed by atoms with Gasteiger partial charge in [0.25, 0.3) is 0 Å². The molecule has 1 aromatic carbocycles. The maximum atomic E-state index is 8.83. The van der Waals surface area contributed by atoms with Gasteiger partial charge in [-0.05, 0) is 11.6 Å². The summed E-state index contributed by atoms with van der Waals surface area (Å²) in [7, 11) is 1.99. The third-order valence-corrected chi connectivity index (χ3v) is 4.03. The van der Waals surface area contributed by atoms with E-state index in [0.29, 0.717) is 4.88 Å².